The molecule has 10 heteroatoms. The molecule has 2 aromatic heterocycles. The van der Waals surface area contributed by atoms with Gasteiger partial charge in [0.25, 0.3) is 5.56 Å². The van der Waals surface area contributed by atoms with Gasteiger partial charge in [-0.1, -0.05) is 12.1 Å². The molecule has 3 rings (SSSR count). The van der Waals surface area contributed by atoms with Crippen LogP contribution < -0.4 is 45.9 Å². The molecule has 0 amide bonds. The third-order valence-corrected chi connectivity index (χ3v) is 3.15. The third kappa shape index (κ3) is 3.75. The van der Waals surface area contributed by atoms with Crippen molar-refractivity contribution in [1.82, 2.24) is 19.1 Å². The fourth-order valence-electron chi connectivity index (χ4n) is 1.92. The number of aromatic nitrogens is 4. The molecule has 0 spiro atoms. The molecular formula is C14H13N4NaO5. The number of aromatic amines is 1. The minimum Gasteiger partial charge on any atom is -0.545 e. The number of rotatable bonds is 1. The second-order valence-electron chi connectivity index (χ2n) is 4.61. The van der Waals surface area contributed by atoms with Gasteiger partial charge in [-0.25, -0.2) is 9.78 Å². The number of benzene rings is 1. The number of aryl methyl sites for hydroxylation is 1. The summed E-state index contributed by atoms with van der Waals surface area (Å²) >= 11 is 0. The number of imidazole rings is 1. The zero-order valence-corrected chi connectivity index (χ0v) is 15.3. The zero-order valence-electron chi connectivity index (χ0n) is 13.3. The molecule has 0 fully saturated rings. The van der Waals surface area contributed by atoms with E-state index in [9.17, 15) is 19.5 Å². The molecule has 0 bridgehead atoms. The van der Waals surface area contributed by atoms with Gasteiger partial charge in [0.15, 0.2) is 5.65 Å². The summed E-state index contributed by atoms with van der Waals surface area (Å²) in [5, 5.41) is 19.0. The van der Waals surface area contributed by atoms with Crippen LogP contribution in [-0.4, -0.2) is 30.2 Å². The van der Waals surface area contributed by atoms with Crippen LogP contribution in [0.4, 0.5) is 0 Å². The van der Waals surface area contributed by atoms with Crippen molar-refractivity contribution in [2.24, 2.45) is 14.1 Å². The van der Waals surface area contributed by atoms with E-state index in [0.717, 1.165) is 4.57 Å². The maximum Gasteiger partial charge on any atom is 1.00 e. The monoisotopic (exact) mass is 340 g/mol. The van der Waals surface area contributed by atoms with E-state index in [2.05, 4.69) is 9.97 Å². The van der Waals surface area contributed by atoms with Gasteiger partial charge in [0.05, 0.1) is 12.3 Å². The van der Waals surface area contributed by atoms with Crippen molar-refractivity contribution in [1.29, 1.82) is 0 Å². The topological polar surface area (TPSA) is 133 Å². The van der Waals surface area contributed by atoms with Crippen molar-refractivity contribution < 1.29 is 44.6 Å². The Morgan fingerprint density at radius 1 is 1.21 bits per heavy atom. The first-order valence-electron chi connectivity index (χ1n) is 6.43. The van der Waals surface area contributed by atoms with Crippen LogP contribution in [0.2, 0.25) is 0 Å². The molecule has 0 atom stereocenters. The number of para-hydroxylation sites is 1. The number of carbonyl (C=O) groups is 1. The smallest absolute Gasteiger partial charge is 0.545 e. The van der Waals surface area contributed by atoms with E-state index >= 15 is 0 Å². The minimum atomic E-state index is -1.36. The summed E-state index contributed by atoms with van der Waals surface area (Å²) in [7, 11) is 3.01. The number of nitrogens with one attached hydrogen (secondary N) is 1. The number of hydrogen-bond acceptors (Lipinski definition) is 6. The molecule has 2 N–H and O–H groups in total. The normalized spacial score (nSPS) is 9.75. The Morgan fingerprint density at radius 3 is 2.38 bits per heavy atom. The Hall–Kier alpha value is -2.36. The van der Waals surface area contributed by atoms with Gasteiger partial charge in [0, 0.05) is 19.7 Å². The first kappa shape index (κ1) is 19.7. The second-order valence-corrected chi connectivity index (χ2v) is 4.61. The molecule has 2 heterocycles. The van der Waals surface area contributed by atoms with E-state index in [1.165, 1.54) is 36.1 Å². The van der Waals surface area contributed by atoms with Crippen molar-refractivity contribution in [3.05, 3.63) is 57.0 Å². The quantitative estimate of drug-likeness (QED) is 0.431. The first-order chi connectivity index (χ1) is 10.8. The molecular weight excluding hydrogens is 327 g/mol. The molecule has 1 aromatic carbocycles. The number of aromatic carboxylic acids is 1. The van der Waals surface area contributed by atoms with Crippen LogP contribution in [-0.2, 0) is 14.1 Å². The van der Waals surface area contributed by atoms with Gasteiger partial charge in [-0.15, -0.1) is 0 Å². The summed E-state index contributed by atoms with van der Waals surface area (Å²) in [6.07, 6.45) is 1.39. The Balaban J connectivity index is 0.000000238. The first-order valence-corrected chi connectivity index (χ1v) is 6.43. The van der Waals surface area contributed by atoms with Crippen molar-refractivity contribution in [2.75, 3.05) is 0 Å². The van der Waals surface area contributed by atoms with Gasteiger partial charge in [-0.3, -0.25) is 13.9 Å². The van der Waals surface area contributed by atoms with Gasteiger partial charge in [-0.05, 0) is 12.1 Å². The Bertz CT molecular complexity index is 989. The predicted molar refractivity (Wildman–Crippen MR) is 79.0 cm³/mol. The minimum absolute atomic E-state index is 0. The van der Waals surface area contributed by atoms with Crippen LogP contribution in [0.15, 0.2) is 40.2 Å². The van der Waals surface area contributed by atoms with Crippen molar-refractivity contribution >= 4 is 17.1 Å². The molecule has 0 unspecified atom stereocenters. The number of carboxylic acids is 1. The largest absolute Gasteiger partial charge is 1.00 e. The van der Waals surface area contributed by atoms with Gasteiger partial charge in [0.2, 0.25) is 0 Å². The average molecular weight is 340 g/mol. The summed E-state index contributed by atoms with van der Waals surface area (Å²) in [6, 6.07) is 5.64. The van der Waals surface area contributed by atoms with E-state index in [-0.39, 0.29) is 52.1 Å². The van der Waals surface area contributed by atoms with E-state index in [0.29, 0.717) is 11.2 Å². The fourth-order valence-corrected chi connectivity index (χ4v) is 1.92. The van der Waals surface area contributed by atoms with Crippen molar-refractivity contribution in [3.63, 3.8) is 0 Å². The second kappa shape index (κ2) is 7.95. The zero-order chi connectivity index (χ0) is 17.1. The SMILES string of the molecule is Cn1c(=O)c2[nH]cnc2n(C)c1=O.O=C([O-])c1ccccc1O.[Na+]. The Kier molecular flexibility index (Phi) is 6.52. The summed E-state index contributed by atoms with van der Waals surface area (Å²) in [5.74, 6) is -1.62. The maximum atomic E-state index is 11.4. The van der Waals surface area contributed by atoms with Crippen LogP contribution in [0.25, 0.3) is 11.2 Å². The fraction of sp³-hybridized carbons (Fsp3) is 0.143. The van der Waals surface area contributed by atoms with Gasteiger partial charge < -0.3 is 20.0 Å². The Labute approximate surface area is 157 Å². The number of phenols is 1. The molecule has 120 valence electrons. The molecule has 0 aliphatic heterocycles. The number of aromatic hydroxyl groups is 1. The maximum absolute atomic E-state index is 11.4. The van der Waals surface area contributed by atoms with Crippen LogP contribution in [0, 0.1) is 0 Å². The van der Waals surface area contributed by atoms with Gasteiger partial charge in [-0.2, -0.15) is 0 Å². The number of hydrogen-bond donors (Lipinski definition) is 2. The van der Waals surface area contributed by atoms with E-state index < -0.39 is 5.97 Å². The number of carboxylic acid groups (broad SMARTS) is 1. The number of carbonyl (C=O) groups excluding carboxylic acids is 1. The average Bonchev–Trinajstić information content (AvgIpc) is 3.01. The van der Waals surface area contributed by atoms with Crippen molar-refractivity contribution in [3.8, 4) is 5.75 Å². The summed E-state index contributed by atoms with van der Waals surface area (Å²) in [5.41, 5.74) is -0.166. The summed E-state index contributed by atoms with van der Waals surface area (Å²) < 4.78 is 2.37. The van der Waals surface area contributed by atoms with Crippen LogP contribution in [0.1, 0.15) is 10.4 Å². The molecule has 0 saturated carbocycles. The summed E-state index contributed by atoms with van der Waals surface area (Å²) in [6.45, 7) is 0. The van der Waals surface area contributed by atoms with Gasteiger partial charge >= 0.3 is 35.2 Å². The Morgan fingerprint density at radius 2 is 1.83 bits per heavy atom. The number of nitrogens with zero attached hydrogens (tertiary/aromatic N) is 3. The molecule has 0 aliphatic carbocycles. The van der Waals surface area contributed by atoms with Crippen LogP contribution >= 0.6 is 0 Å². The van der Waals surface area contributed by atoms with E-state index in [4.69, 9.17) is 5.11 Å². The van der Waals surface area contributed by atoms with Gasteiger partial charge in [0.1, 0.15) is 11.3 Å². The molecule has 24 heavy (non-hydrogen) atoms. The molecule has 0 aliphatic rings. The molecule has 0 saturated heterocycles. The third-order valence-electron chi connectivity index (χ3n) is 3.15. The van der Waals surface area contributed by atoms with E-state index in [1.807, 2.05) is 0 Å². The van der Waals surface area contributed by atoms with E-state index in [1.54, 1.807) is 13.1 Å². The number of fused-ring (bicyclic) bond motifs is 1. The van der Waals surface area contributed by atoms with Crippen LogP contribution in [0.3, 0.4) is 0 Å². The number of H-pyrrole nitrogens is 1. The molecule has 3 aromatic rings. The summed E-state index contributed by atoms with van der Waals surface area (Å²) in [4.78, 5) is 39.5. The standard InChI is InChI=1S/C7H8N4O2.C7H6O3.Na/c1-10-5-4(8-3-9-5)6(12)11(2)7(10)13;8-6-4-2-1-3-5(6)7(9)10;/h3H,1-2H3,(H,8,9);1-4,8H,(H,9,10);/q;;+1/p-1. The van der Waals surface area contributed by atoms with Crippen LogP contribution in [0.5, 0.6) is 5.75 Å². The molecule has 0 radical (unpaired) electrons. The van der Waals surface area contributed by atoms with Crippen molar-refractivity contribution in [2.45, 2.75) is 0 Å². The molecule has 9 nitrogen and oxygen atoms in total. The predicted octanol–water partition coefficient (Wildman–Crippen LogP) is -4.28.